The number of hydrogen-bond acceptors (Lipinski definition) is 2. The van der Waals surface area contributed by atoms with Crippen molar-refractivity contribution >= 4 is 22.8 Å². The van der Waals surface area contributed by atoms with E-state index in [0.29, 0.717) is 3.63 Å². The molecule has 0 N–H and O–H groups in total. The summed E-state index contributed by atoms with van der Waals surface area (Å²) in [6, 6.07) is 16.8. The zero-order valence-corrected chi connectivity index (χ0v) is 17.8. The summed E-state index contributed by atoms with van der Waals surface area (Å²) >= 11 is -0.770. The van der Waals surface area contributed by atoms with E-state index >= 15 is 0 Å². The van der Waals surface area contributed by atoms with Crippen LogP contribution < -0.4 is 24.8 Å². The third kappa shape index (κ3) is 3.38. The Balaban J connectivity index is 0.000000980. The van der Waals surface area contributed by atoms with E-state index < -0.39 is 23.2 Å². The molecule has 3 nitrogen and oxygen atoms in total. The van der Waals surface area contributed by atoms with E-state index in [1.165, 1.54) is 16.8 Å². The summed E-state index contributed by atoms with van der Waals surface area (Å²) in [6.07, 6.45) is 10.2. The van der Waals surface area contributed by atoms with Gasteiger partial charge in [0.1, 0.15) is 0 Å². The Labute approximate surface area is 176 Å². The molecule has 0 saturated carbocycles. The van der Waals surface area contributed by atoms with Gasteiger partial charge in [0.25, 0.3) is 0 Å². The molecule has 6 heteroatoms. The van der Waals surface area contributed by atoms with Gasteiger partial charge in [-0.3, -0.25) is 0 Å². The van der Waals surface area contributed by atoms with Crippen molar-refractivity contribution in [2.24, 2.45) is 0 Å². The van der Waals surface area contributed by atoms with Crippen molar-refractivity contribution < 1.29 is 48.0 Å². The van der Waals surface area contributed by atoms with Gasteiger partial charge >= 0.3 is 152 Å². The van der Waals surface area contributed by atoms with Crippen molar-refractivity contribution in [1.29, 1.82) is 0 Å². The molecule has 0 fully saturated rings. The first-order valence-corrected chi connectivity index (χ1v) is 10.8. The number of benzene rings is 2. The van der Waals surface area contributed by atoms with E-state index in [2.05, 4.69) is 48.6 Å². The zero-order chi connectivity index (χ0) is 15.9. The summed E-state index contributed by atoms with van der Waals surface area (Å²) in [7, 11) is 0. The molecule has 1 heterocycles. The molecule has 1 aromatic heterocycles. The molecule has 26 heavy (non-hydrogen) atoms. The van der Waals surface area contributed by atoms with Gasteiger partial charge in [0.2, 0.25) is 0 Å². The second-order valence-electron chi connectivity index (χ2n) is 6.08. The van der Waals surface area contributed by atoms with Crippen molar-refractivity contribution in [3.8, 4) is 0 Å². The zero-order valence-electron chi connectivity index (χ0n) is 13.8. The van der Waals surface area contributed by atoms with Gasteiger partial charge < -0.3 is 24.8 Å². The average Bonchev–Trinajstić information content (AvgIpc) is 3.33. The van der Waals surface area contributed by atoms with E-state index in [-0.39, 0.29) is 24.8 Å². The average molecular weight is 459 g/mol. The normalized spacial score (nSPS) is 17.0. The van der Waals surface area contributed by atoms with Gasteiger partial charge in [-0.15, -0.1) is 0 Å². The van der Waals surface area contributed by atoms with Crippen molar-refractivity contribution in [1.82, 2.24) is 15.0 Å². The van der Waals surface area contributed by atoms with E-state index in [4.69, 9.17) is 10.2 Å². The fraction of sp³-hybridized carbons (Fsp3) is 0.100. The molecule has 1 unspecified atom stereocenters. The fourth-order valence-corrected chi connectivity index (χ4v) is 7.19. The topological polar surface area (TPSA) is 30.7 Å². The Hall–Kier alpha value is -1.48. The maximum absolute atomic E-state index is 4.73. The molecular weight excluding hydrogens is 444 g/mol. The predicted octanol–water partition coefficient (Wildman–Crippen LogP) is -1.58. The number of nitrogens with zero attached hydrogens (tertiary/aromatic N) is 3. The molecule has 5 rings (SSSR count). The molecule has 0 aliphatic heterocycles. The molecule has 0 bridgehead atoms. The summed E-state index contributed by atoms with van der Waals surface area (Å²) < 4.78 is 2.13. The Morgan fingerprint density at radius 2 is 1.62 bits per heavy atom. The van der Waals surface area contributed by atoms with Crippen LogP contribution in [0, 0.1) is 0 Å². The number of fused-ring (bicyclic) bond motifs is 2. The molecule has 0 saturated heterocycles. The number of halogens is 2. The van der Waals surface area contributed by atoms with Crippen LogP contribution in [-0.2, 0) is 23.2 Å². The molecule has 0 amide bonds. The van der Waals surface area contributed by atoms with Gasteiger partial charge in [-0.05, 0) is 0 Å². The third-order valence-electron chi connectivity index (χ3n) is 4.52. The van der Waals surface area contributed by atoms with Crippen LogP contribution >= 0.6 is 0 Å². The Morgan fingerprint density at radius 3 is 2.31 bits per heavy atom. The van der Waals surface area contributed by atoms with E-state index in [1.54, 1.807) is 3.28 Å². The van der Waals surface area contributed by atoms with Crippen molar-refractivity contribution in [2.45, 2.75) is 10.0 Å². The second-order valence-corrected chi connectivity index (χ2v) is 9.79. The van der Waals surface area contributed by atoms with Crippen LogP contribution in [0.3, 0.4) is 0 Å². The van der Waals surface area contributed by atoms with Gasteiger partial charge in [0.15, 0.2) is 0 Å². The SMILES string of the molecule is C1=CC[C]([Zr+2][CH]2C(n3nc4ccccc4n3)=Cc3ccccc32)=C1.[Cl-].[Cl-]. The minimum Gasteiger partial charge on any atom is -1.00 e. The Kier molecular flexibility index (Phi) is 5.97. The van der Waals surface area contributed by atoms with Crippen LogP contribution in [0.15, 0.2) is 70.0 Å². The molecular formula is C20H15Cl2N3Zr. The van der Waals surface area contributed by atoms with Gasteiger partial charge in [-0.1, -0.05) is 0 Å². The summed E-state index contributed by atoms with van der Waals surface area (Å²) in [4.78, 5) is 1.87. The van der Waals surface area contributed by atoms with Gasteiger partial charge in [0.05, 0.1) is 0 Å². The van der Waals surface area contributed by atoms with Crippen LogP contribution in [0.4, 0.5) is 0 Å². The molecule has 1 atom stereocenters. The van der Waals surface area contributed by atoms with Gasteiger partial charge in [-0.2, -0.15) is 0 Å². The number of hydrogen-bond donors (Lipinski definition) is 0. The van der Waals surface area contributed by atoms with Crippen molar-refractivity contribution in [3.05, 3.63) is 81.2 Å². The summed E-state index contributed by atoms with van der Waals surface area (Å²) in [5.41, 5.74) is 5.94. The monoisotopic (exact) mass is 457 g/mol. The molecule has 2 aliphatic carbocycles. The smallest absolute Gasteiger partial charge is 1.00 e. The van der Waals surface area contributed by atoms with Crippen molar-refractivity contribution in [3.63, 3.8) is 0 Å². The van der Waals surface area contributed by atoms with Crippen LogP contribution in [0.5, 0.6) is 0 Å². The largest absolute Gasteiger partial charge is 1.00 e. The van der Waals surface area contributed by atoms with Gasteiger partial charge in [-0.25, -0.2) is 0 Å². The minimum absolute atomic E-state index is 0. The first-order chi connectivity index (χ1) is 11.9. The van der Waals surface area contributed by atoms with E-state index in [9.17, 15) is 0 Å². The second kappa shape index (κ2) is 8.04. The number of aromatic nitrogens is 3. The molecule has 0 spiro atoms. The number of allylic oxidation sites excluding steroid dienone is 5. The maximum Gasteiger partial charge on any atom is -1.00 e. The maximum atomic E-state index is 4.73. The first-order valence-electron chi connectivity index (χ1n) is 8.14. The van der Waals surface area contributed by atoms with Crippen LogP contribution in [0.25, 0.3) is 22.8 Å². The fourth-order valence-electron chi connectivity index (χ4n) is 3.35. The number of rotatable bonds is 3. The van der Waals surface area contributed by atoms with E-state index in [0.717, 1.165) is 17.5 Å². The molecule has 128 valence electrons. The van der Waals surface area contributed by atoms with Crippen LogP contribution in [0.2, 0.25) is 0 Å². The molecule has 3 aromatic rings. The van der Waals surface area contributed by atoms with Gasteiger partial charge in [0, 0.05) is 0 Å². The molecule has 2 aromatic carbocycles. The van der Waals surface area contributed by atoms with Crippen molar-refractivity contribution in [2.75, 3.05) is 0 Å². The standard InChI is InChI=1S/C15H10N3.C5H5.2ClH.Zr/c1-2-6-12-10-13(9-11(12)5-1)18-16-14-7-3-4-8-15(14)17-18;1-2-4-5-3-1;;;/h1-10H;1-3H,4H2;2*1H;/q;;;;+2/p-2. The Bertz CT molecular complexity index is 1000. The van der Waals surface area contributed by atoms with E-state index in [1.807, 2.05) is 29.1 Å². The summed E-state index contributed by atoms with van der Waals surface area (Å²) in [6.45, 7) is 0. The summed E-state index contributed by atoms with van der Waals surface area (Å²) in [5.74, 6) is 0. The third-order valence-corrected chi connectivity index (χ3v) is 8.55. The van der Waals surface area contributed by atoms with Crippen LogP contribution in [0.1, 0.15) is 21.2 Å². The first kappa shape index (κ1) is 19.3. The minimum atomic E-state index is -0.770. The molecule has 0 radical (unpaired) electrons. The molecule has 2 aliphatic rings. The quantitative estimate of drug-likeness (QED) is 0.474. The Morgan fingerprint density at radius 1 is 0.923 bits per heavy atom. The predicted molar refractivity (Wildman–Crippen MR) is 92.7 cm³/mol. The van der Waals surface area contributed by atoms with Crippen LogP contribution in [-0.4, -0.2) is 15.0 Å². The summed E-state index contributed by atoms with van der Waals surface area (Å²) in [5, 5.41) is 9.46.